The van der Waals surface area contributed by atoms with Crippen LogP contribution in [0.2, 0.25) is 0 Å². The molecule has 0 radical (unpaired) electrons. The Kier molecular flexibility index (Phi) is 16.9. The summed E-state index contributed by atoms with van der Waals surface area (Å²) in [5.74, 6) is 0. The Bertz CT molecular complexity index is 486. The molecule has 1 unspecified atom stereocenters. The first-order valence-electron chi connectivity index (χ1n) is 11.6. The largest absolute Gasteiger partial charge is 0.394 e. The van der Waals surface area contributed by atoms with E-state index in [1.807, 2.05) is 21.1 Å². The van der Waals surface area contributed by atoms with Gasteiger partial charge in [-0.1, -0.05) is 70.4 Å². The highest BCUT2D eigenvalue weighted by Gasteiger charge is 2.30. The molecule has 0 rings (SSSR count). The molecule has 1 N–H and O–H groups in total. The molecule has 5 nitrogen and oxygen atoms in total. The summed E-state index contributed by atoms with van der Waals surface area (Å²) >= 11 is 0. The fraction of sp³-hybridized carbons (Fsp3) is 0.870. The Morgan fingerprint density at radius 1 is 0.862 bits per heavy atom. The van der Waals surface area contributed by atoms with Crippen LogP contribution in [0.4, 0.5) is 0 Å². The van der Waals surface area contributed by atoms with Crippen molar-refractivity contribution in [1.29, 1.82) is 0 Å². The lowest BCUT2D eigenvalue weighted by Gasteiger charge is -2.23. The Labute approximate surface area is 180 Å². The highest BCUT2D eigenvalue weighted by Crippen LogP contribution is 2.44. The summed E-state index contributed by atoms with van der Waals surface area (Å²) < 4.78 is 17.6. The predicted octanol–water partition coefficient (Wildman–Crippen LogP) is 6.46. The molecule has 1 atom stereocenters. The molecule has 6 heteroatoms. The van der Waals surface area contributed by atoms with Gasteiger partial charge in [0.15, 0.2) is 0 Å². The third-order valence-corrected chi connectivity index (χ3v) is 6.38. The van der Waals surface area contributed by atoms with Crippen molar-refractivity contribution in [1.82, 2.24) is 0 Å². The van der Waals surface area contributed by atoms with Gasteiger partial charge in [-0.15, -0.1) is 0 Å². The minimum Gasteiger partial charge on any atom is -0.329 e. The van der Waals surface area contributed by atoms with Crippen molar-refractivity contribution in [3.63, 3.8) is 0 Å². The highest BCUT2D eigenvalue weighted by atomic mass is 31.2. The molecule has 0 saturated heterocycles. The molecule has 0 aliphatic carbocycles. The minimum atomic E-state index is -4.12. The number of hydrogen-bond acceptors (Lipinski definition) is 3. The molecule has 29 heavy (non-hydrogen) atoms. The second kappa shape index (κ2) is 17.2. The molecule has 0 spiro atoms. The van der Waals surface area contributed by atoms with Crippen molar-refractivity contribution in [3.8, 4) is 0 Å². The van der Waals surface area contributed by atoms with Crippen LogP contribution in [-0.4, -0.2) is 49.2 Å². The highest BCUT2D eigenvalue weighted by molar-refractivity contribution is 7.70. The second-order valence-electron chi connectivity index (χ2n) is 9.10. The van der Waals surface area contributed by atoms with E-state index in [0.29, 0.717) is 17.4 Å². The number of carbonyl (C=O) groups is 1. The standard InChI is InChI=1S/C23H46NO4P/c1-5-6-7-8-9-10-11-12-13-14-15-16-17-18-19-20-23(25)29(26,27)28-22-21-24(2,3)4/h12-13H,5-11,14-22H2,1-4H3/p+1/b13-12-. The summed E-state index contributed by atoms with van der Waals surface area (Å²) in [4.78, 5) is 21.7. The summed E-state index contributed by atoms with van der Waals surface area (Å²) in [7, 11) is 1.80. The van der Waals surface area contributed by atoms with Crippen LogP contribution in [0, 0.1) is 0 Å². The van der Waals surface area contributed by atoms with Gasteiger partial charge < -0.3 is 9.38 Å². The van der Waals surface area contributed by atoms with Gasteiger partial charge in [-0.25, -0.2) is 0 Å². The maximum absolute atomic E-state index is 11.9. The van der Waals surface area contributed by atoms with Crippen LogP contribution >= 0.6 is 7.60 Å². The normalized spacial score (nSPS) is 14.4. The first-order valence-corrected chi connectivity index (χ1v) is 13.2. The number of rotatable bonds is 20. The van der Waals surface area contributed by atoms with Gasteiger partial charge in [-0.05, 0) is 32.1 Å². The molecule has 0 aromatic heterocycles. The van der Waals surface area contributed by atoms with Gasteiger partial charge in [0.2, 0.25) is 5.52 Å². The number of allylic oxidation sites excluding steroid dienone is 2. The SMILES string of the molecule is CCCCCCCC/C=C\CCCCCCCC(=O)P(=O)(O)OCC[N+](C)(C)C. The minimum absolute atomic E-state index is 0.120. The number of quaternary nitrogens is 1. The molecule has 172 valence electrons. The molecule has 0 fully saturated rings. The van der Waals surface area contributed by atoms with Crippen molar-refractivity contribution in [3.05, 3.63) is 12.2 Å². The maximum atomic E-state index is 11.9. The lowest BCUT2D eigenvalue weighted by molar-refractivity contribution is -0.870. The van der Waals surface area contributed by atoms with E-state index in [1.54, 1.807) is 0 Å². The maximum Gasteiger partial charge on any atom is 0.394 e. The molecule has 0 aliphatic heterocycles. The number of unbranched alkanes of at least 4 members (excludes halogenated alkanes) is 11. The molecule has 0 bridgehead atoms. The summed E-state index contributed by atoms with van der Waals surface area (Å²) in [5.41, 5.74) is -0.642. The van der Waals surface area contributed by atoms with E-state index < -0.39 is 13.1 Å². The Balaban J connectivity index is 3.56. The van der Waals surface area contributed by atoms with Gasteiger partial charge in [0.05, 0.1) is 21.1 Å². The Hall–Kier alpha value is -0.480. The molecular formula is C23H47NO4P+. The summed E-state index contributed by atoms with van der Waals surface area (Å²) in [6.45, 7) is 2.96. The van der Waals surface area contributed by atoms with Crippen molar-refractivity contribution in [2.24, 2.45) is 0 Å². The van der Waals surface area contributed by atoms with E-state index in [1.165, 1.54) is 51.4 Å². The quantitative estimate of drug-likeness (QED) is 0.104. The molecule has 0 aromatic rings. The average molecular weight is 433 g/mol. The zero-order valence-electron chi connectivity index (χ0n) is 19.5. The fourth-order valence-corrected chi connectivity index (χ4v) is 3.91. The lowest BCUT2D eigenvalue weighted by Crippen LogP contribution is -2.37. The van der Waals surface area contributed by atoms with E-state index in [4.69, 9.17) is 4.52 Å². The first kappa shape index (κ1) is 28.5. The predicted molar refractivity (Wildman–Crippen MR) is 123 cm³/mol. The van der Waals surface area contributed by atoms with Gasteiger partial charge in [0, 0.05) is 6.42 Å². The third-order valence-electron chi connectivity index (χ3n) is 5.00. The van der Waals surface area contributed by atoms with E-state index in [9.17, 15) is 14.3 Å². The van der Waals surface area contributed by atoms with Crippen LogP contribution < -0.4 is 0 Å². The average Bonchev–Trinajstić information content (AvgIpc) is 2.63. The molecule has 0 aromatic carbocycles. The Morgan fingerprint density at radius 3 is 1.86 bits per heavy atom. The monoisotopic (exact) mass is 432 g/mol. The molecular weight excluding hydrogens is 385 g/mol. The van der Waals surface area contributed by atoms with Crippen molar-refractivity contribution >= 4 is 13.1 Å². The van der Waals surface area contributed by atoms with E-state index in [-0.39, 0.29) is 13.0 Å². The lowest BCUT2D eigenvalue weighted by atomic mass is 10.1. The van der Waals surface area contributed by atoms with Crippen LogP contribution in [0.3, 0.4) is 0 Å². The summed E-state index contributed by atoms with van der Waals surface area (Å²) in [6, 6.07) is 0. The van der Waals surface area contributed by atoms with Crippen molar-refractivity contribution < 1.29 is 23.3 Å². The second-order valence-corrected chi connectivity index (χ2v) is 10.9. The third kappa shape index (κ3) is 19.2. The topological polar surface area (TPSA) is 63.6 Å². The zero-order valence-corrected chi connectivity index (χ0v) is 20.4. The van der Waals surface area contributed by atoms with Crippen molar-refractivity contribution in [2.75, 3.05) is 34.3 Å². The van der Waals surface area contributed by atoms with Crippen LogP contribution in [0.15, 0.2) is 12.2 Å². The zero-order chi connectivity index (χ0) is 22.0. The van der Waals surface area contributed by atoms with Gasteiger partial charge in [-0.3, -0.25) is 13.9 Å². The first-order chi connectivity index (χ1) is 13.7. The summed E-state index contributed by atoms with van der Waals surface area (Å²) in [6.07, 6.45) is 20.1. The molecule has 0 saturated carbocycles. The van der Waals surface area contributed by atoms with Crippen LogP contribution in [0.1, 0.15) is 96.8 Å². The molecule has 0 aliphatic rings. The number of hydrogen-bond donors (Lipinski definition) is 1. The van der Waals surface area contributed by atoms with E-state index in [2.05, 4.69) is 19.1 Å². The number of nitrogens with zero attached hydrogens (tertiary/aromatic N) is 1. The van der Waals surface area contributed by atoms with Crippen LogP contribution in [0.5, 0.6) is 0 Å². The summed E-state index contributed by atoms with van der Waals surface area (Å²) in [5, 5.41) is 0. The number of likely N-dealkylation sites (N-methyl/N-ethyl adjacent to an activating group) is 1. The van der Waals surface area contributed by atoms with Gasteiger partial charge in [0.1, 0.15) is 13.2 Å². The molecule has 0 amide bonds. The number of carbonyl (C=O) groups excluding carboxylic acids is 1. The van der Waals surface area contributed by atoms with Crippen molar-refractivity contribution in [2.45, 2.75) is 96.8 Å². The van der Waals surface area contributed by atoms with Crippen LogP contribution in [-0.2, 0) is 13.9 Å². The van der Waals surface area contributed by atoms with Gasteiger partial charge in [-0.2, -0.15) is 0 Å². The Morgan fingerprint density at radius 2 is 1.34 bits per heavy atom. The van der Waals surface area contributed by atoms with Gasteiger partial charge in [0.25, 0.3) is 0 Å². The van der Waals surface area contributed by atoms with E-state index >= 15 is 0 Å². The fourth-order valence-electron chi connectivity index (χ4n) is 3.00. The van der Waals surface area contributed by atoms with E-state index in [0.717, 1.165) is 25.7 Å². The molecule has 0 heterocycles. The van der Waals surface area contributed by atoms with Gasteiger partial charge >= 0.3 is 7.60 Å². The van der Waals surface area contributed by atoms with Crippen LogP contribution in [0.25, 0.3) is 0 Å². The smallest absolute Gasteiger partial charge is 0.329 e.